The molecule has 0 spiro atoms. The Kier molecular flexibility index (Phi) is 8.06. The predicted octanol–water partition coefficient (Wildman–Crippen LogP) is 2.12. The standard InChI is InChI=1S/C7H8N2O.C7H8NO5PS/c1-9-5-3-2-4-7(9)6-8-10;1-15-14(11,12)13-7-4-2-6(3-5-7)8(9)10/h2-6H,1H3;2-5H,1H3,(H,11,12). The summed E-state index contributed by atoms with van der Waals surface area (Å²) in [5, 5.41) is 21.4. The van der Waals surface area contributed by atoms with Crippen LogP contribution < -0.4 is 14.0 Å². The average molecular weight is 385 g/mol. The SMILES string of the molecule is CSP(=O)([O-])Oc1ccc([N+](=O)[O-])cc1.C[n+]1ccccc1/C=N/O. The van der Waals surface area contributed by atoms with Crippen molar-refractivity contribution in [3.8, 4) is 5.75 Å². The Morgan fingerprint density at radius 3 is 2.44 bits per heavy atom. The quantitative estimate of drug-likeness (QED) is 0.208. The monoisotopic (exact) mass is 385 g/mol. The highest BCUT2D eigenvalue weighted by molar-refractivity contribution is 8.54. The molecular weight excluding hydrogens is 369 g/mol. The Morgan fingerprint density at radius 2 is 1.96 bits per heavy atom. The second kappa shape index (κ2) is 9.77. The Labute approximate surface area is 148 Å². The lowest BCUT2D eigenvalue weighted by atomic mass is 10.3. The zero-order valence-electron chi connectivity index (χ0n) is 13.4. The maximum atomic E-state index is 11.0. The van der Waals surface area contributed by atoms with Gasteiger partial charge in [-0.1, -0.05) is 16.5 Å². The molecule has 1 heterocycles. The van der Waals surface area contributed by atoms with E-state index in [1.807, 2.05) is 36.0 Å². The summed E-state index contributed by atoms with van der Waals surface area (Å²) in [5.74, 6) is 0.0632. The molecule has 0 aliphatic heterocycles. The number of hydrogen-bond acceptors (Lipinski definition) is 8. The number of nitrogens with zero attached hydrogens (tertiary/aromatic N) is 3. The molecule has 1 atom stereocenters. The molecule has 1 N–H and O–H groups in total. The van der Waals surface area contributed by atoms with Crippen LogP contribution in [-0.2, 0) is 11.6 Å². The highest BCUT2D eigenvalue weighted by Gasteiger charge is 2.09. The third-order valence-corrected chi connectivity index (χ3v) is 5.22. The van der Waals surface area contributed by atoms with E-state index >= 15 is 0 Å². The van der Waals surface area contributed by atoms with Crippen LogP contribution in [0.15, 0.2) is 53.8 Å². The molecule has 134 valence electrons. The van der Waals surface area contributed by atoms with Gasteiger partial charge in [0.1, 0.15) is 19.0 Å². The highest BCUT2D eigenvalue weighted by atomic mass is 32.7. The summed E-state index contributed by atoms with van der Waals surface area (Å²) < 4.78 is 17.5. The molecule has 0 aliphatic rings. The largest absolute Gasteiger partial charge is 0.761 e. The number of aromatic nitrogens is 1. The Balaban J connectivity index is 0.000000271. The molecule has 1 aromatic carbocycles. The predicted molar refractivity (Wildman–Crippen MR) is 91.8 cm³/mol. The van der Waals surface area contributed by atoms with Crippen LogP contribution in [0.5, 0.6) is 5.75 Å². The molecule has 0 saturated carbocycles. The zero-order valence-corrected chi connectivity index (χ0v) is 15.1. The first-order valence-electron chi connectivity index (χ1n) is 6.72. The second-order valence-corrected chi connectivity index (χ2v) is 8.33. The van der Waals surface area contributed by atoms with Gasteiger partial charge in [0, 0.05) is 24.3 Å². The molecule has 0 saturated heterocycles. The van der Waals surface area contributed by atoms with E-state index in [9.17, 15) is 19.6 Å². The molecule has 11 heteroatoms. The lowest BCUT2D eigenvalue weighted by Gasteiger charge is -2.20. The van der Waals surface area contributed by atoms with E-state index in [0.717, 1.165) is 5.69 Å². The number of nitro groups is 1. The van der Waals surface area contributed by atoms with Gasteiger partial charge >= 0.3 is 0 Å². The fourth-order valence-electron chi connectivity index (χ4n) is 1.52. The van der Waals surface area contributed by atoms with Crippen LogP contribution in [0.1, 0.15) is 5.69 Å². The minimum Gasteiger partial charge on any atom is -0.761 e. The van der Waals surface area contributed by atoms with Crippen molar-refractivity contribution in [2.75, 3.05) is 6.26 Å². The maximum absolute atomic E-state index is 11.0. The van der Waals surface area contributed by atoms with Crippen LogP contribution in [-0.4, -0.2) is 22.6 Å². The van der Waals surface area contributed by atoms with Gasteiger partial charge in [-0.25, -0.2) is 4.57 Å². The van der Waals surface area contributed by atoms with E-state index in [0.29, 0.717) is 11.4 Å². The van der Waals surface area contributed by atoms with E-state index in [4.69, 9.17) is 5.21 Å². The van der Waals surface area contributed by atoms with E-state index in [2.05, 4.69) is 9.68 Å². The lowest BCUT2D eigenvalue weighted by molar-refractivity contribution is -0.672. The first-order valence-corrected chi connectivity index (χ1v) is 10.1. The fourth-order valence-corrected chi connectivity index (χ4v) is 2.46. The van der Waals surface area contributed by atoms with Crippen molar-refractivity contribution in [3.63, 3.8) is 0 Å². The topological polar surface area (TPSA) is 129 Å². The second-order valence-electron chi connectivity index (χ2n) is 4.45. The third kappa shape index (κ3) is 7.34. The molecule has 9 nitrogen and oxygen atoms in total. The number of rotatable bonds is 5. The highest BCUT2D eigenvalue weighted by Crippen LogP contribution is 2.49. The van der Waals surface area contributed by atoms with E-state index < -0.39 is 11.7 Å². The van der Waals surface area contributed by atoms with Crippen molar-refractivity contribution < 1.29 is 28.7 Å². The normalized spacial score (nSPS) is 12.8. The van der Waals surface area contributed by atoms with Gasteiger partial charge in [0.15, 0.2) is 6.20 Å². The van der Waals surface area contributed by atoms with Crippen LogP contribution in [0.25, 0.3) is 0 Å². The molecule has 0 fully saturated rings. The van der Waals surface area contributed by atoms with Gasteiger partial charge in [0.2, 0.25) is 12.5 Å². The van der Waals surface area contributed by atoms with E-state index in [1.54, 1.807) is 0 Å². The summed E-state index contributed by atoms with van der Waals surface area (Å²) in [5.41, 5.74) is 0.747. The molecule has 0 radical (unpaired) electrons. The summed E-state index contributed by atoms with van der Waals surface area (Å²) in [4.78, 5) is 20.7. The van der Waals surface area contributed by atoms with Gasteiger partial charge in [-0.05, 0) is 24.5 Å². The molecule has 1 unspecified atom stereocenters. The van der Waals surface area contributed by atoms with Gasteiger partial charge in [0.25, 0.3) is 5.69 Å². The Morgan fingerprint density at radius 1 is 1.32 bits per heavy atom. The summed E-state index contributed by atoms with van der Waals surface area (Å²) in [7, 11) is 1.89. The first kappa shape index (κ1) is 20.6. The number of aryl methyl sites for hydroxylation is 1. The van der Waals surface area contributed by atoms with Crippen LogP contribution in [0.4, 0.5) is 5.69 Å². The molecule has 1 aromatic heterocycles. The molecule has 0 bridgehead atoms. The summed E-state index contributed by atoms with van der Waals surface area (Å²) in [6, 6.07) is 10.5. The maximum Gasteiger partial charge on any atom is 0.269 e. The number of hydrogen-bond donors (Lipinski definition) is 1. The first-order chi connectivity index (χ1) is 11.8. The Bertz CT molecular complexity index is 784. The Hall–Kier alpha value is -2.42. The van der Waals surface area contributed by atoms with Crippen LogP contribution in [0.2, 0.25) is 0 Å². The van der Waals surface area contributed by atoms with Gasteiger partial charge in [0.05, 0.1) is 4.92 Å². The van der Waals surface area contributed by atoms with E-state index in [1.165, 1.54) is 36.7 Å². The molecular formula is C14H16N3O6PS. The summed E-state index contributed by atoms with van der Waals surface area (Å²) in [6.07, 6.45) is 4.65. The minimum absolute atomic E-state index is 0.0632. The molecule has 2 aromatic rings. The summed E-state index contributed by atoms with van der Waals surface area (Å²) in [6.45, 7) is -3.94. The van der Waals surface area contributed by atoms with Crippen molar-refractivity contribution in [1.29, 1.82) is 0 Å². The number of nitro benzene ring substituents is 1. The van der Waals surface area contributed by atoms with Gasteiger partial charge in [-0.2, -0.15) is 0 Å². The molecule has 25 heavy (non-hydrogen) atoms. The van der Waals surface area contributed by atoms with Crippen LogP contribution in [0, 0.1) is 10.1 Å². The van der Waals surface area contributed by atoms with Gasteiger partial charge < -0.3 is 14.6 Å². The van der Waals surface area contributed by atoms with Crippen molar-refractivity contribution in [2.24, 2.45) is 12.2 Å². The fraction of sp³-hybridized carbons (Fsp3) is 0.143. The van der Waals surface area contributed by atoms with Gasteiger partial charge in [-0.15, -0.1) is 0 Å². The smallest absolute Gasteiger partial charge is 0.269 e. The number of benzene rings is 1. The lowest BCUT2D eigenvalue weighted by Crippen LogP contribution is -2.32. The number of oxime groups is 1. The summed E-state index contributed by atoms with van der Waals surface area (Å²) >= 11 is 0.576. The third-order valence-electron chi connectivity index (χ3n) is 2.77. The van der Waals surface area contributed by atoms with Crippen molar-refractivity contribution in [3.05, 3.63) is 64.5 Å². The molecule has 2 rings (SSSR count). The molecule has 0 aliphatic carbocycles. The van der Waals surface area contributed by atoms with Gasteiger partial charge in [-0.3, -0.25) is 14.7 Å². The van der Waals surface area contributed by atoms with Crippen LogP contribution >= 0.6 is 18.2 Å². The number of non-ortho nitro benzene ring substituents is 1. The minimum atomic E-state index is -3.94. The van der Waals surface area contributed by atoms with Crippen molar-refractivity contribution in [1.82, 2.24) is 0 Å². The number of pyridine rings is 1. The zero-order chi connectivity index (χ0) is 18.9. The molecule has 0 amide bonds. The average Bonchev–Trinajstić information content (AvgIpc) is 2.58. The van der Waals surface area contributed by atoms with E-state index in [-0.39, 0.29) is 11.4 Å². The van der Waals surface area contributed by atoms with Crippen molar-refractivity contribution in [2.45, 2.75) is 0 Å². The van der Waals surface area contributed by atoms with Crippen LogP contribution in [0.3, 0.4) is 0 Å². The van der Waals surface area contributed by atoms with Crippen molar-refractivity contribution >= 4 is 30.1 Å².